The Balaban J connectivity index is 0.000000320. The van der Waals surface area contributed by atoms with Gasteiger partial charge in [-0.1, -0.05) is 90.1 Å². The van der Waals surface area contributed by atoms with E-state index in [0.717, 1.165) is 11.1 Å². The van der Waals surface area contributed by atoms with Gasteiger partial charge in [0, 0.05) is 6.42 Å². The normalized spacial score (nSPS) is 13.5. The molecule has 0 unspecified atom stereocenters. The average molecular weight is 444 g/mol. The van der Waals surface area contributed by atoms with Crippen LogP contribution in [0.15, 0.2) is 48.5 Å². The molecule has 0 spiro atoms. The lowest BCUT2D eigenvalue weighted by atomic mass is 9.86. The molecule has 0 aromatic heterocycles. The van der Waals surface area contributed by atoms with Crippen molar-refractivity contribution in [1.29, 1.82) is 0 Å². The maximum absolute atomic E-state index is 10.6. The van der Waals surface area contributed by atoms with Crippen LogP contribution in [0.4, 0.5) is 0 Å². The van der Waals surface area contributed by atoms with Crippen molar-refractivity contribution < 1.29 is 24.9 Å². The molecule has 2 aromatic rings. The van der Waals surface area contributed by atoms with E-state index in [1.807, 2.05) is 48.5 Å². The summed E-state index contributed by atoms with van der Waals surface area (Å²) in [5, 5.41) is 26.5. The van der Waals surface area contributed by atoms with E-state index < -0.39 is 24.1 Å². The van der Waals surface area contributed by atoms with Crippen molar-refractivity contribution in [2.24, 2.45) is 5.73 Å². The molecule has 0 heterocycles. The Labute approximate surface area is 191 Å². The standard InChI is InChI=1S/C13H19NO2.C13H18O3/c2*1-13(2,3)10-6-4-9(5-7-10)8-11(14)12(15)16/h4-7,11H,8,14H2,1-3H3,(H,15,16);4-7,11,14H,8H2,1-3H3,(H,15,16)/t2*11-/m11/s1. The Morgan fingerprint density at radius 1 is 0.719 bits per heavy atom. The highest BCUT2D eigenvalue weighted by molar-refractivity contribution is 5.73. The van der Waals surface area contributed by atoms with E-state index in [1.165, 1.54) is 11.1 Å². The number of benzene rings is 2. The summed E-state index contributed by atoms with van der Waals surface area (Å²) in [6.45, 7) is 12.8. The molecule has 5 N–H and O–H groups in total. The molecule has 0 radical (unpaired) electrons. The van der Waals surface area contributed by atoms with Gasteiger partial charge in [0.05, 0.1) is 0 Å². The second-order valence-corrected chi connectivity index (χ2v) is 10.1. The fraction of sp³-hybridized carbons (Fsp3) is 0.462. The van der Waals surface area contributed by atoms with Crippen LogP contribution in [-0.2, 0) is 33.3 Å². The molecule has 176 valence electrons. The van der Waals surface area contributed by atoms with Crippen molar-refractivity contribution in [2.45, 2.75) is 77.4 Å². The molecule has 0 saturated carbocycles. The summed E-state index contributed by atoms with van der Waals surface area (Å²) in [5.74, 6) is -2.14. The van der Waals surface area contributed by atoms with Crippen LogP contribution in [0, 0.1) is 0 Å². The zero-order chi connectivity index (χ0) is 24.7. The van der Waals surface area contributed by atoms with E-state index in [0.29, 0.717) is 6.42 Å². The number of aliphatic carboxylic acids is 2. The van der Waals surface area contributed by atoms with E-state index in [1.54, 1.807) is 0 Å². The minimum atomic E-state index is -1.32. The topological polar surface area (TPSA) is 121 Å². The molecule has 32 heavy (non-hydrogen) atoms. The quantitative estimate of drug-likeness (QED) is 0.537. The third-order valence-electron chi connectivity index (χ3n) is 5.13. The Morgan fingerprint density at radius 3 is 1.34 bits per heavy atom. The summed E-state index contributed by atoms with van der Waals surface area (Å²) in [5.41, 5.74) is 9.91. The second-order valence-electron chi connectivity index (χ2n) is 10.1. The minimum Gasteiger partial charge on any atom is -0.480 e. The predicted molar refractivity (Wildman–Crippen MR) is 127 cm³/mol. The van der Waals surface area contributed by atoms with Gasteiger partial charge in [0.1, 0.15) is 6.04 Å². The molecule has 0 aliphatic rings. The van der Waals surface area contributed by atoms with Crippen LogP contribution >= 0.6 is 0 Å². The Morgan fingerprint density at radius 2 is 1.06 bits per heavy atom. The maximum Gasteiger partial charge on any atom is 0.332 e. The molecular weight excluding hydrogens is 406 g/mol. The van der Waals surface area contributed by atoms with Crippen molar-refractivity contribution in [2.75, 3.05) is 0 Å². The smallest absolute Gasteiger partial charge is 0.332 e. The van der Waals surface area contributed by atoms with E-state index >= 15 is 0 Å². The van der Waals surface area contributed by atoms with Gasteiger partial charge in [0.2, 0.25) is 0 Å². The molecule has 0 saturated heterocycles. The third-order valence-corrected chi connectivity index (χ3v) is 5.13. The van der Waals surface area contributed by atoms with Crippen LogP contribution in [0.25, 0.3) is 0 Å². The van der Waals surface area contributed by atoms with Crippen molar-refractivity contribution in [3.63, 3.8) is 0 Å². The molecule has 2 aromatic carbocycles. The summed E-state index contributed by atoms with van der Waals surface area (Å²) in [7, 11) is 0. The van der Waals surface area contributed by atoms with Crippen molar-refractivity contribution in [1.82, 2.24) is 0 Å². The molecule has 2 rings (SSSR count). The number of aliphatic hydroxyl groups is 1. The SMILES string of the molecule is CC(C)(C)c1ccc(C[C@@H](N)C(=O)O)cc1.CC(C)(C)c1ccc(C[C@@H](O)C(=O)O)cc1. The third kappa shape index (κ3) is 9.20. The number of carboxylic acids is 2. The van der Waals surface area contributed by atoms with E-state index in [2.05, 4.69) is 41.5 Å². The van der Waals surface area contributed by atoms with Crippen molar-refractivity contribution in [3.8, 4) is 0 Å². The van der Waals surface area contributed by atoms with Gasteiger partial charge in [0.15, 0.2) is 6.10 Å². The lowest BCUT2D eigenvalue weighted by Gasteiger charge is -2.19. The van der Waals surface area contributed by atoms with Crippen molar-refractivity contribution >= 4 is 11.9 Å². The molecule has 0 aliphatic carbocycles. The maximum atomic E-state index is 10.6. The molecule has 0 fully saturated rings. The summed E-state index contributed by atoms with van der Waals surface area (Å²) >= 11 is 0. The van der Waals surface area contributed by atoms with Gasteiger partial charge in [-0.2, -0.15) is 0 Å². The number of carbonyl (C=O) groups is 2. The van der Waals surface area contributed by atoms with Crippen LogP contribution < -0.4 is 5.73 Å². The Hall–Kier alpha value is -2.70. The summed E-state index contributed by atoms with van der Waals surface area (Å²) in [6.07, 6.45) is -0.792. The number of carboxylic acid groups (broad SMARTS) is 2. The first-order chi connectivity index (χ1) is 14.6. The van der Waals surface area contributed by atoms with E-state index in [-0.39, 0.29) is 17.3 Å². The zero-order valence-electron chi connectivity index (χ0n) is 19.9. The lowest BCUT2D eigenvalue weighted by molar-refractivity contribution is -0.146. The molecule has 6 nitrogen and oxygen atoms in total. The number of hydrogen-bond acceptors (Lipinski definition) is 4. The fourth-order valence-electron chi connectivity index (χ4n) is 2.93. The zero-order valence-corrected chi connectivity index (χ0v) is 19.9. The minimum absolute atomic E-state index is 0.0872. The summed E-state index contributed by atoms with van der Waals surface area (Å²) in [4.78, 5) is 21.1. The fourth-order valence-corrected chi connectivity index (χ4v) is 2.93. The average Bonchev–Trinajstić information content (AvgIpc) is 2.67. The Bertz CT molecular complexity index is 799. The van der Waals surface area contributed by atoms with Gasteiger partial charge in [-0.3, -0.25) is 4.79 Å². The van der Waals surface area contributed by atoms with Gasteiger partial charge < -0.3 is 21.1 Å². The first-order valence-electron chi connectivity index (χ1n) is 10.7. The van der Waals surface area contributed by atoms with Crippen LogP contribution in [0.1, 0.15) is 63.8 Å². The van der Waals surface area contributed by atoms with Crippen molar-refractivity contribution in [3.05, 3.63) is 70.8 Å². The molecule has 6 heteroatoms. The lowest BCUT2D eigenvalue weighted by Crippen LogP contribution is -2.32. The molecular formula is C26H37NO5. The molecule has 0 bridgehead atoms. The largest absolute Gasteiger partial charge is 0.480 e. The predicted octanol–water partition coefficient (Wildman–Crippen LogP) is 3.91. The highest BCUT2D eigenvalue weighted by Gasteiger charge is 2.16. The number of nitrogens with two attached hydrogens (primary N) is 1. The van der Waals surface area contributed by atoms with Gasteiger partial charge >= 0.3 is 11.9 Å². The molecule has 0 amide bonds. The first-order valence-corrected chi connectivity index (χ1v) is 10.7. The van der Waals surface area contributed by atoms with Gasteiger partial charge in [-0.05, 0) is 39.5 Å². The van der Waals surface area contributed by atoms with Crippen LogP contribution in [-0.4, -0.2) is 39.4 Å². The summed E-state index contributed by atoms with van der Waals surface area (Å²) < 4.78 is 0. The van der Waals surface area contributed by atoms with E-state index in [9.17, 15) is 14.7 Å². The van der Waals surface area contributed by atoms with E-state index in [4.69, 9.17) is 15.9 Å². The van der Waals surface area contributed by atoms with Gasteiger partial charge in [0.25, 0.3) is 0 Å². The van der Waals surface area contributed by atoms with Crippen LogP contribution in [0.2, 0.25) is 0 Å². The highest BCUT2D eigenvalue weighted by Crippen LogP contribution is 2.23. The van der Waals surface area contributed by atoms with Crippen LogP contribution in [0.5, 0.6) is 0 Å². The van der Waals surface area contributed by atoms with Gasteiger partial charge in [-0.15, -0.1) is 0 Å². The number of hydrogen-bond donors (Lipinski definition) is 4. The monoisotopic (exact) mass is 443 g/mol. The number of aliphatic hydroxyl groups excluding tert-OH is 1. The first kappa shape index (κ1) is 27.3. The Kier molecular flexibility index (Phi) is 9.61. The van der Waals surface area contributed by atoms with Crippen LogP contribution in [0.3, 0.4) is 0 Å². The second kappa shape index (κ2) is 11.2. The summed E-state index contributed by atoms with van der Waals surface area (Å²) in [6, 6.07) is 14.8. The molecule has 2 atom stereocenters. The highest BCUT2D eigenvalue weighted by atomic mass is 16.4. The molecule has 0 aliphatic heterocycles. The van der Waals surface area contributed by atoms with Gasteiger partial charge in [-0.25, -0.2) is 4.79 Å². The number of rotatable bonds is 6.